The lowest BCUT2D eigenvalue weighted by molar-refractivity contribution is 0.209. The van der Waals surface area contributed by atoms with E-state index in [4.69, 9.17) is 9.97 Å². The second kappa shape index (κ2) is 8.82. The molecule has 7 nitrogen and oxygen atoms in total. The van der Waals surface area contributed by atoms with E-state index in [-0.39, 0.29) is 0 Å². The SMILES string of the molecule is CC1=CC(c2nc3ccc(-c4nc5ccc(N6CCN(C(C)C)CC6)cc5[nH]4)cc3[nH]2)=NC=CC1. The van der Waals surface area contributed by atoms with Crippen LogP contribution in [0.4, 0.5) is 5.69 Å². The summed E-state index contributed by atoms with van der Waals surface area (Å²) < 4.78 is 0. The minimum Gasteiger partial charge on any atom is -0.369 e. The quantitative estimate of drug-likeness (QED) is 0.429. The molecule has 2 aliphatic rings. The van der Waals surface area contributed by atoms with E-state index in [1.165, 1.54) is 11.3 Å². The molecule has 0 saturated carbocycles. The fraction of sp³-hybridized carbons (Fsp3) is 0.321. The highest BCUT2D eigenvalue weighted by Gasteiger charge is 2.19. The Hall–Kier alpha value is -3.71. The summed E-state index contributed by atoms with van der Waals surface area (Å²) in [5, 5.41) is 0. The molecule has 0 amide bonds. The van der Waals surface area contributed by atoms with Gasteiger partial charge in [-0.2, -0.15) is 0 Å². The largest absolute Gasteiger partial charge is 0.369 e. The van der Waals surface area contributed by atoms with Crippen LogP contribution in [0.25, 0.3) is 33.5 Å². The molecule has 1 saturated heterocycles. The summed E-state index contributed by atoms with van der Waals surface area (Å²) in [5.41, 5.74) is 8.36. The number of benzene rings is 2. The number of aliphatic imine (C=N–C) groups is 1. The van der Waals surface area contributed by atoms with Crippen molar-refractivity contribution in [3.8, 4) is 11.4 Å². The lowest BCUT2D eigenvalue weighted by atomic mass is 10.2. The van der Waals surface area contributed by atoms with Crippen LogP contribution in [0.15, 0.2) is 65.3 Å². The minimum atomic E-state index is 0.607. The van der Waals surface area contributed by atoms with E-state index in [2.05, 4.69) is 88.0 Å². The lowest BCUT2D eigenvalue weighted by Crippen LogP contribution is -2.48. The first-order valence-corrected chi connectivity index (χ1v) is 12.4. The smallest absolute Gasteiger partial charge is 0.157 e. The highest BCUT2D eigenvalue weighted by atomic mass is 15.3. The molecule has 0 bridgehead atoms. The number of hydrogen-bond acceptors (Lipinski definition) is 5. The van der Waals surface area contributed by atoms with Gasteiger partial charge in [0.1, 0.15) is 11.5 Å². The third kappa shape index (κ3) is 4.28. The van der Waals surface area contributed by atoms with Crippen LogP contribution in [0.2, 0.25) is 0 Å². The highest BCUT2D eigenvalue weighted by molar-refractivity contribution is 6.08. The normalized spacial score (nSPS) is 17.3. The van der Waals surface area contributed by atoms with Crippen LogP contribution in [0, 0.1) is 0 Å². The van der Waals surface area contributed by atoms with Crippen LogP contribution in [0.3, 0.4) is 0 Å². The molecule has 2 aliphatic heterocycles. The molecule has 0 atom stereocenters. The Morgan fingerprint density at radius 2 is 1.57 bits per heavy atom. The van der Waals surface area contributed by atoms with Crippen molar-refractivity contribution in [2.45, 2.75) is 33.2 Å². The second-order valence-electron chi connectivity index (χ2n) is 9.81. The van der Waals surface area contributed by atoms with Crippen molar-refractivity contribution in [1.29, 1.82) is 0 Å². The Bertz CT molecular complexity index is 1480. The Balaban J connectivity index is 1.27. The highest BCUT2D eigenvalue weighted by Crippen LogP contribution is 2.27. The molecule has 178 valence electrons. The van der Waals surface area contributed by atoms with Gasteiger partial charge in [0.2, 0.25) is 0 Å². The van der Waals surface area contributed by atoms with Crippen molar-refractivity contribution in [3.63, 3.8) is 0 Å². The van der Waals surface area contributed by atoms with Crippen LogP contribution in [0.5, 0.6) is 0 Å². The van der Waals surface area contributed by atoms with Crippen molar-refractivity contribution in [2.75, 3.05) is 31.1 Å². The predicted molar refractivity (Wildman–Crippen MR) is 144 cm³/mol. The van der Waals surface area contributed by atoms with Gasteiger partial charge >= 0.3 is 0 Å². The fourth-order valence-electron chi connectivity index (χ4n) is 4.94. The molecular weight excluding hydrogens is 434 g/mol. The molecule has 0 spiro atoms. The number of H-pyrrole nitrogens is 2. The first kappa shape index (κ1) is 21.8. The van der Waals surface area contributed by atoms with Gasteiger partial charge < -0.3 is 14.9 Å². The molecular formula is C28H31N7. The summed E-state index contributed by atoms with van der Waals surface area (Å²) in [6.07, 6.45) is 6.93. The van der Waals surface area contributed by atoms with Crippen LogP contribution < -0.4 is 4.90 Å². The van der Waals surface area contributed by atoms with Gasteiger partial charge in [0.25, 0.3) is 0 Å². The summed E-state index contributed by atoms with van der Waals surface area (Å²) in [6.45, 7) is 11.0. The van der Waals surface area contributed by atoms with Crippen LogP contribution in [0.1, 0.15) is 33.0 Å². The molecule has 4 heterocycles. The van der Waals surface area contributed by atoms with Crippen molar-refractivity contribution in [1.82, 2.24) is 24.8 Å². The standard InChI is InChI=1S/C28H31N7/c1-18(2)34-11-13-35(14-12-34)21-7-9-23-25(17-21)32-27(30-23)20-6-8-22-24(16-20)33-28(31-22)26-15-19(3)5-4-10-29-26/h4,6-10,15-18H,5,11-14H2,1-3H3,(H,30,32)(H,31,33). The van der Waals surface area contributed by atoms with Gasteiger partial charge in [-0.05, 0) is 69.7 Å². The maximum absolute atomic E-state index is 4.87. The number of nitrogens with one attached hydrogen (secondary N) is 2. The van der Waals surface area contributed by atoms with Crippen LogP contribution in [-0.2, 0) is 0 Å². The van der Waals surface area contributed by atoms with Crippen molar-refractivity contribution in [3.05, 3.63) is 66.1 Å². The summed E-state index contributed by atoms with van der Waals surface area (Å²) in [4.78, 5) is 26.2. The van der Waals surface area contributed by atoms with E-state index < -0.39 is 0 Å². The molecule has 0 radical (unpaired) electrons. The number of rotatable bonds is 4. The average molecular weight is 466 g/mol. The Kier molecular flexibility index (Phi) is 5.49. The van der Waals surface area contributed by atoms with Crippen molar-refractivity contribution in [2.24, 2.45) is 4.99 Å². The summed E-state index contributed by atoms with van der Waals surface area (Å²) in [5.74, 6) is 1.65. The third-order valence-electron chi connectivity index (χ3n) is 7.02. The van der Waals surface area contributed by atoms with Crippen LogP contribution in [-0.4, -0.2) is 62.8 Å². The number of anilines is 1. The lowest BCUT2D eigenvalue weighted by Gasteiger charge is -2.38. The predicted octanol–water partition coefficient (Wildman–Crippen LogP) is 5.29. The van der Waals surface area contributed by atoms with E-state index in [9.17, 15) is 0 Å². The Morgan fingerprint density at radius 1 is 0.857 bits per heavy atom. The molecule has 35 heavy (non-hydrogen) atoms. The number of imidazole rings is 2. The number of piperazine rings is 1. The van der Waals surface area contributed by atoms with E-state index in [1.54, 1.807) is 0 Å². The molecule has 7 heteroatoms. The maximum Gasteiger partial charge on any atom is 0.157 e. The van der Waals surface area contributed by atoms with E-state index in [1.807, 2.05) is 12.3 Å². The Labute approximate surface area is 205 Å². The van der Waals surface area contributed by atoms with Gasteiger partial charge in [-0.3, -0.25) is 9.89 Å². The molecule has 0 aliphatic carbocycles. The zero-order valence-electron chi connectivity index (χ0n) is 20.5. The molecule has 1 fully saturated rings. The molecule has 0 unspecified atom stereocenters. The first-order chi connectivity index (χ1) is 17.0. The first-order valence-electron chi connectivity index (χ1n) is 12.4. The summed E-state index contributed by atoms with van der Waals surface area (Å²) in [7, 11) is 0. The molecule has 2 aromatic heterocycles. The second-order valence-corrected chi connectivity index (χ2v) is 9.81. The zero-order valence-corrected chi connectivity index (χ0v) is 20.5. The zero-order chi connectivity index (χ0) is 23.9. The summed E-state index contributed by atoms with van der Waals surface area (Å²) in [6, 6.07) is 13.4. The maximum atomic E-state index is 4.87. The van der Waals surface area contributed by atoms with Gasteiger partial charge in [-0.1, -0.05) is 11.6 Å². The van der Waals surface area contributed by atoms with E-state index in [0.29, 0.717) is 6.04 Å². The molecule has 2 aromatic carbocycles. The van der Waals surface area contributed by atoms with Gasteiger partial charge in [0, 0.05) is 49.7 Å². The van der Waals surface area contributed by atoms with Crippen molar-refractivity contribution >= 4 is 33.5 Å². The van der Waals surface area contributed by atoms with Gasteiger partial charge in [-0.15, -0.1) is 0 Å². The fourth-order valence-corrected chi connectivity index (χ4v) is 4.94. The molecule has 2 N–H and O–H groups in total. The number of nitrogens with zero attached hydrogens (tertiary/aromatic N) is 5. The number of allylic oxidation sites excluding steroid dienone is 3. The summed E-state index contributed by atoms with van der Waals surface area (Å²) >= 11 is 0. The number of aromatic nitrogens is 4. The van der Waals surface area contributed by atoms with Gasteiger partial charge in [-0.25, -0.2) is 9.97 Å². The number of fused-ring (bicyclic) bond motifs is 2. The Morgan fingerprint density at radius 3 is 2.37 bits per heavy atom. The third-order valence-corrected chi connectivity index (χ3v) is 7.02. The van der Waals surface area contributed by atoms with Gasteiger partial charge in [0.05, 0.1) is 22.1 Å². The van der Waals surface area contributed by atoms with E-state index >= 15 is 0 Å². The van der Waals surface area contributed by atoms with E-state index in [0.717, 1.165) is 77.6 Å². The molecule has 4 aromatic rings. The number of hydrogen-bond donors (Lipinski definition) is 2. The van der Waals surface area contributed by atoms with Crippen LogP contribution >= 0.6 is 0 Å². The van der Waals surface area contributed by atoms with Gasteiger partial charge in [0.15, 0.2) is 5.82 Å². The topological polar surface area (TPSA) is 76.2 Å². The average Bonchev–Trinajstić information content (AvgIpc) is 3.42. The molecule has 6 rings (SSSR count). The monoisotopic (exact) mass is 465 g/mol. The van der Waals surface area contributed by atoms with Crippen molar-refractivity contribution < 1.29 is 0 Å². The minimum absolute atomic E-state index is 0.607. The number of aromatic amines is 2.